The van der Waals surface area contributed by atoms with Crippen LogP contribution < -0.4 is 0 Å². The van der Waals surface area contributed by atoms with Crippen molar-refractivity contribution in [2.75, 3.05) is 0 Å². The van der Waals surface area contributed by atoms with E-state index in [1.807, 2.05) is 0 Å². The third kappa shape index (κ3) is 10.5. The third-order valence-corrected chi connectivity index (χ3v) is 15.0. The quantitative estimate of drug-likeness (QED) is 0.0693. The highest BCUT2D eigenvalue weighted by molar-refractivity contribution is 5.69. The lowest BCUT2D eigenvalue weighted by molar-refractivity contribution is -0.151. The summed E-state index contributed by atoms with van der Waals surface area (Å²) in [6, 6.07) is 0. The van der Waals surface area contributed by atoms with Gasteiger partial charge in [-0.15, -0.1) is 0 Å². The van der Waals surface area contributed by atoms with Crippen molar-refractivity contribution in [1.29, 1.82) is 0 Å². The molecule has 0 unspecified atom stereocenters. The van der Waals surface area contributed by atoms with Gasteiger partial charge in [0, 0.05) is 12.8 Å². The topological polar surface area (TPSA) is 26.3 Å². The number of fused-ring (bicyclic) bond motifs is 5. The highest BCUT2D eigenvalue weighted by Crippen LogP contribution is 2.67. The first kappa shape index (κ1) is 39.7. The van der Waals surface area contributed by atoms with E-state index in [0.717, 1.165) is 67.1 Å². The largest absolute Gasteiger partial charge is 0.462 e. The Morgan fingerprint density at radius 2 is 1.48 bits per heavy atom. The van der Waals surface area contributed by atoms with Gasteiger partial charge in [-0.05, 0) is 129 Å². The summed E-state index contributed by atoms with van der Waals surface area (Å²) in [4.78, 5) is 12.8. The van der Waals surface area contributed by atoms with E-state index in [9.17, 15) is 4.79 Å². The van der Waals surface area contributed by atoms with Crippen molar-refractivity contribution in [3.63, 3.8) is 0 Å². The molecule has 0 saturated heterocycles. The summed E-state index contributed by atoms with van der Waals surface area (Å²) in [5.41, 5.74) is 2.51. The Morgan fingerprint density at radius 3 is 2.17 bits per heavy atom. The number of esters is 1. The van der Waals surface area contributed by atoms with E-state index in [0.29, 0.717) is 17.3 Å². The second-order valence-corrected chi connectivity index (χ2v) is 18.5. The Balaban J connectivity index is 1.13. The molecule has 3 saturated carbocycles. The fraction of sp³-hybridized carbons (Fsp3) is 0.891. The van der Waals surface area contributed by atoms with E-state index in [1.165, 1.54) is 122 Å². The molecule has 0 heterocycles. The van der Waals surface area contributed by atoms with Crippen LogP contribution >= 0.6 is 0 Å². The highest BCUT2D eigenvalue weighted by atomic mass is 16.5. The lowest BCUT2D eigenvalue weighted by Gasteiger charge is -2.58. The van der Waals surface area contributed by atoms with Crippen LogP contribution in [0, 0.1) is 52.3 Å². The molecule has 2 nitrogen and oxygen atoms in total. The monoisotopic (exact) mass is 665 g/mol. The first-order valence-electron chi connectivity index (χ1n) is 21.6. The molecule has 0 aromatic rings. The van der Waals surface area contributed by atoms with Crippen LogP contribution in [0.2, 0.25) is 0 Å². The number of allylic oxidation sites excluding steroid dienone is 3. The van der Waals surface area contributed by atoms with Gasteiger partial charge in [0.15, 0.2) is 0 Å². The van der Waals surface area contributed by atoms with Crippen LogP contribution in [0.25, 0.3) is 0 Å². The molecule has 4 aliphatic carbocycles. The van der Waals surface area contributed by atoms with Crippen molar-refractivity contribution in [2.45, 2.75) is 209 Å². The summed E-state index contributed by atoms with van der Waals surface area (Å²) in [7, 11) is 0. The van der Waals surface area contributed by atoms with Gasteiger partial charge < -0.3 is 4.74 Å². The maximum absolute atomic E-state index is 12.8. The Labute approximate surface area is 299 Å². The standard InChI is InChI=1S/C46H80O2/c1-8-9-10-11-12-13-14-15-16-17-18-19-20-21-22-23-44(47)48-39-30-32-45(6)38(34-39)26-27-40-42-29-28-41(46(42,7)33-31-43(40)45)37(5)25-24-36(4)35(2)3/h15-16,26,35-37,39-43H,8-14,17-25,27-34H2,1-7H3/b16-15-/t36-,37-,39+,40+,41-,42+,43+,45+,46-/m1/s1. The minimum Gasteiger partial charge on any atom is -0.462 e. The number of ether oxygens (including phenoxy) is 1. The third-order valence-electron chi connectivity index (χ3n) is 15.0. The van der Waals surface area contributed by atoms with Crippen molar-refractivity contribution in [2.24, 2.45) is 52.3 Å². The summed E-state index contributed by atoms with van der Waals surface area (Å²) in [5, 5.41) is 0. The van der Waals surface area contributed by atoms with Crippen LogP contribution in [0.1, 0.15) is 203 Å². The van der Waals surface area contributed by atoms with E-state index in [2.05, 4.69) is 66.7 Å². The van der Waals surface area contributed by atoms with Crippen LogP contribution in [0.3, 0.4) is 0 Å². The number of hydrogen-bond acceptors (Lipinski definition) is 2. The predicted molar refractivity (Wildman–Crippen MR) is 207 cm³/mol. The van der Waals surface area contributed by atoms with Gasteiger partial charge >= 0.3 is 5.97 Å². The van der Waals surface area contributed by atoms with Crippen LogP contribution in [0.4, 0.5) is 0 Å². The molecule has 0 bridgehead atoms. The van der Waals surface area contributed by atoms with Crippen molar-refractivity contribution >= 4 is 5.97 Å². The van der Waals surface area contributed by atoms with Gasteiger partial charge in [-0.3, -0.25) is 4.79 Å². The molecule has 0 N–H and O–H groups in total. The number of hydrogen-bond donors (Lipinski definition) is 0. The van der Waals surface area contributed by atoms with Gasteiger partial charge in [-0.25, -0.2) is 0 Å². The summed E-state index contributed by atoms with van der Waals surface area (Å²) >= 11 is 0. The average Bonchev–Trinajstić information content (AvgIpc) is 3.42. The van der Waals surface area contributed by atoms with Gasteiger partial charge in [0.1, 0.15) is 6.10 Å². The lowest BCUT2D eigenvalue weighted by atomic mass is 9.47. The highest BCUT2D eigenvalue weighted by Gasteiger charge is 2.59. The minimum absolute atomic E-state index is 0.0536. The molecule has 0 aromatic carbocycles. The molecular weight excluding hydrogens is 585 g/mol. The van der Waals surface area contributed by atoms with E-state index in [1.54, 1.807) is 5.57 Å². The fourth-order valence-corrected chi connectivity index (χ4v) is 11.3. The van der Waals surface area contributed by atoms with E-state index >= 15 is 0 Å². The van der Waals surface area contributed by atoms with Gasteiger partial charge in [0.2, 0.25) is 0 Å². The summed E-state index contributed by atoms with van der Waals surface area (Å²) in [6.45, 7) is 17.4. The molecule has 0 spiro atoms. The Hall–Kier alpha value is -1.05. The Kier molecular flexibility index (Phi) is 16.2. The molecule has 0 aliphatic heterocycles. The van der Waals surface area contributed by atoms with Crippen LogP contribution in [-0.2, 0) is 9.53 Å². The molecule has 9 atom stereocenters. The number of carbonyl (C=O) groups excluding carboxylic acids is 1. The first-order chi connectivity index (χ1) is 23.1. The zero-order chi connectivity index (χ0) is 34.6. The van der Waals surface area contributed by atoms with E-state index in [-0.39, 0.29) is 12.1 Å². The number of unbranched alkanes of at least 4 members (excludes halogenated alkanes) is 11. The number of carbonyl (C=O) groups is 1. The molecule has 276 valence electrons. The molecule has 0 aromatic heterocycles. The molecule has 4 aliphatic rings. The maximum Gasteiger partial charge on any atom is 0.306 e. The SMILES string of the molecule is CCCCCCCC/C=C\CCCCCCCC(=O)O[C@H]1CC[C@@]2(C)C(=CC[C@H]3[C@@H]4CC[C@H]([C@H](C)CC[C@@H](C)C(C)C)[C@@]4(C)CC[C@@H]32)C1. The molecule has 0 radical (unpaired) electrons. The zero-order valence-corrected chi connectivity index (χ0v) is 33.1. The van der Waals surface area contributed by atoms with Gasteiger partial charge in [-0.2, -0.15) is 0 Å². The van der Waals surface area contributed by atoms with Crippen LogP contribution in [-0.4, -0.2) is 12.1 Å². The molecule has 0 amide bonds. The molecule has 48 heavy (non-hydrogen) atoms. The van der Waals surface area contributed by atoms with Crippen molar-refractivity contribution in [3.05, 3.63) is 23.8 Å². The van der Waals surface area contributed by atoms with Gasteiger partial charge in [-0.1, -0.05) is 136 Å². The average molecular weight is 665 g/mol. The Bertz CT molecular complexity index is 1010. The summed E-state index contributed by atoms with van der Waals surface area (Å²) in [6.07, 6.45) is 38.0. The Morgan fingerprint density at radius 1 is 0.812 bits per heavy atom. The second kappa shape index (κ2) is 19.5. The maximum atomic E-state index is 12.8. The smallest absolute Gasteiger partial charge is 0.306 e. The summed E-state index contributed by atoms with van der Waals surface area (Å²) in [5.74, 6) is 6.08. The van der Waals surface area contributed by atoms with Crippen molar-refractivity contribution in [1.82, 2.24) is 0 Å². The molecular formula is C46H80O2. The van der Waals surface area contributed by atoms with Crippen molar-refractivity contribution in [3.8, 4) is 0 Å². The second-order valence-electron chi connectivity index (χ2n) is 18.5. The number of rotatable bonds is 21. The fourth-order valence-electron chi connectivity index (χ4n) is 11.3. The van der Waals surface area contributed by atoms with E-state index in [4.69, 9.17) is 4.74 Å². The predicted octanol–water partition coefficient (Wildman–Crippen LogP) is 14.2. The van der Waals surface area contributed by atoms with E-state index < -0.39 is 0 Å². The van der Waals surface area contributed by atoms with Crippen LogP contribution in [0.5, 0.6) is 0 Å². The molecule has 3 fully saturated rings. The first-order valence-corrected chi connectivity index (χ1v) is 21.6. The molecule has 2 heteroatoms. The van der Waals surface area contributed by atoms with Gasteiger partial charge in [0.05, 0.1) is 0 Å². The lowest BCUT2D eigenvalue weighted by Crippen LogP contribution is -2.51. The van der Waals surface area contributed by atoms with Crippen LogP contribution in [0.15, 0.2) is 23.8 Å². The summed E-state index contributed by atoms with van der Waals surface area (Å²) < 4.78 is 6.13. The minimum atomic E-state index is 0.0536. The van der Waals surface area contributed by atoms with Gasteiger partial charge in [0.25, 0.3) is 0 Å². The normalized spacial score (nSPS) is 32.8. The van der Waals surface area contributed by atoms with Crippen molar-refractivity contribution < 1.29 is 9.53 Å². The zero-order valence-electron chi connectivity index (χ0n) is 33.1. The molecule has 4 rings (SSSR count).